The molecule has 0 spiro atoms. The third kappa shape index (κ3) is 4.66. The van der Waals surface area contributed by atoms with Crippen LogP contribution in [0.3, 0.4) is 0 Å². The summed E-state index contributed by atoms with van der Waals surface area (Å²) in [4.78, 5) is 0. The lowest BCUT2D eigenvalue weighted by Crippen LogP contribution is -2.27. The number of hydrogen-bond acceptors (Lipinski definition) is 1. The summed E-state index contributed by atoms with van der Waals surface area (Å²) in [6.07, 6.45) is 11.5. The molecule has 1 saturated carbocycles. The van der Waals surface area contributed by atoms with Crippen molar-refractivity contribution in [1.29, 1.82) is 0 Å². The van der Waals surface area contributed by atoms with Crippen molar-refractivity contribution < 1.29 is 0 Å². The van der Waals surface area contributed by atoms with Gasteiger partial charge in [-0.1, -0.05) is 39.0 Å². The lowest BCUT2D eigenvalue weighted by Gasteiger charge is -2.14. The molecule has 0 bridgehead atoms. The van der Waals surface area contributed by atoms with Crippen LogP contribution in [0.5, 0.6) is 0 Å². The second-order valence-electron chi connectivity index (χ2n) is 4.44. The Labute approximate surface area is 83.3 Å². The van der Waals surface area contributed by atoms with Crippen molar-refractivity contribution in [2.45, 2.75) is 64.3 Å². The summed E-state index contributed by atoms with van der Waals surface area (Å²) < 4.78 is 0. The summed E-state index contributed by atoms with van der Waals surface area (Å²) in [6.45, 7) is 2.28. The third-order valence-corrected chi connectivity index (χ3v) is 3.18. The van der Waals surface area contributed by atoms with Crippen molar-refractivity contribution in [2.75, 3.05) is 7.05 Å². The van der Waals surface area contributed by atoms with E-state index < -0.39 is 0 Å². The van der Waals surface area contributed by atoms with Crippen LogP contribution in [-0.4, -0.2) is 13.1 Å². The van der Waals surface area contributed by atoms with E-state index in [1.807, 2.05) is 0 Å². The van der Waals surface area contributed by atoms with Crippen LogP contribution in [-0.2, 0) is 0 Å². The van der Waals surface area contributed by atoms with Gasteiger partial charge in [-0.15, -0.1) is 0 Å². The normalized spacial score (nSPS) is 18.9. The van der Waals surface area contributed by atoms with Gasteiger partial charge in [0.05, 0.1) is 0 Å². The highest BCUT2D eigenvalue weighted by atomic mass is 14.9. The van der Waals surface area contributed by atoms with E-state index in [0.717, 1.165) is 12.0 Å². The number of rotatable bonds is 8. The van der Waals surface area contributed by atoms with Crippen LogP contribution in [0.25, 0.3) is 0 Å². The molecule has 13 heavy (non-hydrogen) atoms. The van der Waals surface area contributed by atoms with E-state index in [9.17, 15) is 0 Å². The molecule has 1 aliphatic rings. The van der Waals surface area contributed by atoms with Crippen LogP contribution in [0.4, 0.5) is 0 Å². The highest BCUT2D eigenvalue weighted by molar-refractivity contribution is 4.85. The monoisotopic (exact) mass is 183 g/mol. The zero-order valence-electron chi connectivity index (χ0n) is 9.31. The van der Waals surface area contributed by atoms with Crippen LogP contribution in [0.2, 0.25) is 0 Å². The van der Waals surface area contributed by atoms with Crippen LogP contribution >= 0.6 is 0 Å². The van der Waals surface area contributed by atoms with Gasteiger partial charge in [0.1, 0.15) is 0 Å². The Bertz CT molecular complexity index is 118. The summed E-state index contributed by atoms with van der Waals surface area (Å²) in [5, 5.41) is 3.45. The predicted octanol–water partition coefficient (Wildman–Crippen LogP) is 3.34. The summed E-state index contributed by atoms with van der Waals surface area (Å²) in [6, 6.07) is 0.835. The van der Waals surface area contributed by atoms with Crippen LogP contribution in [0, 0.1) is 5.92 Å². The van der Waals surface area contributed by atoms with Gasteiger partial charge in [-0.05, 0) is 32.2 Å². The lowest BCUT2D eigenvalue weighted by molar-refractivity contribution is 0.443. The third-order valence-electron chi connectivity index (χ3n) is 3.18. The van der Waals surface area contributed by atoms with Crippen molar-refractivity contribution in [3.05, 3.63) is 0 Å². The molecule has 0 saturated heterocycles. The van der Waals surface area contributed by atoms with E-state index >= 15 is 0 Å². The molecule has 1 fully saturated rings. The van der Waals surface area contributed by atoms with Crippen molar-refractivity contribution in [3.8, 4) is 0 Å². The Balaban J connectivity index is 1.90. The fourth-order valence-corrected chi connectivity index (χ4v) is 2.08. The molecule has 1 heteroatoms. The summed E-state index contributed by atoms with van der Waals surface area (Å²) in [7, 11) is 2.12. The van der Waals surface area contributed by atoms with Gasteiger partial charge in [-0.25, -0.2) is 0 Å². The Kier molecular flexibility index (Phi) is 5.45. The number of hydrogen-bond donors (Lipinski definition) is 1. The molecule has 0 aliphatic heterocycles. The predicted molar refractivity (Wildman–Crippen MR) is 58.9 cm³/mol. The highest BCUT2D eigenvalue weighted by Gasteiger charge is 2.29. The summed E-state index contributed by atoms with van der Waals surface area (Å²) in [5.41, 5.74) is 0. The van der Waals surface area contributed by atoms with E-state index in [-0.39, 0.29) is 0 Å². The first kappa shape index (κ1) is 11.0. The Morgan fingerprint density at radius 3 is 2.38 bits per heavy atom. The fourth-order valence-electron chi connectivity index (χ4n) is 2.08. The quantitative estimate of drug-likeness (QED) is 0.569. The second-order valence-corrected chi connectivity index (χ2v) is 4.44. The number of unbranched alkanes of at least 4 members (excludes halogenated alkanes) is 4. The van der Waals surface area contributed by atoms with Crippen LogP contribution in [0.15, 0.2) is 0 Å². The van der Waals surface area contributed by atoms with Gasteiger partial charge < -0.3 is 5.32 Å². The lowest BCUT2D eigenvalue weighted by atomic mass is 10.0. The molecular formula is C12H25N. The molecular weight excluding hydrogens is 158 g/mol. The van der Waals surface area contributed by atoms with Crippen molar-refractivity contribution >= 4 is 0 Å². The first-order valence-electron chi connectivity index (χ1n) is 6.05. The molecule has 1 atom stereocenters. The average Bonchev–Trinajstić information content (AvgIpc) is 2.95. The minimum absolute atomic E-state index is 0.835. The SMILES string of the molecule is CCCCCCCC(NC)C1CC1. The smallest absolute Gasteiger partial charge is 0.00923 e. The van der Waals surface area contributed by atoms with Gasteiger partial charge in [0.15, 0.2) is 0 Å². The molecule has 0 aromatic rings. The largest absolute Gasteiger partial charge is 0.317 e. The van der Waals surface area contributed by atoms with Gasteiger partial charge >= 0.3 is 0 Å². The Morgan fingerprint density at radius 1 is 1.15 bits per heavy atom. The van der Waals surface area contributed by atoms with Gasteiger partial charge in [0.25, 0.3) is 0 Å². The average molecular weight is 183 g/mol. The van der Waals surface area contributed by atoms with Crippen LogP contribution in [0.1, 0.15) is 58.3 Å². The maximum absolute atomic E-state index is 3.45. The molecule has 1 unspecified atom stereocenters. The van der Waals surface area contributed by atoms with Crippen molar-refractivity contribution in [3.63, 3.8) is 0 Å². The highest BCUT2D eigenvalue weighted by Crippen LogP contribution is 2.34. The van der Waals surface area contributed by atoms with Gasteiger partial charge in [0, 0.05) is 6.04 Å². The van der Waals surface area contributed by atoms with E-state index in [0.29, 0.717) is 0 Å². The second kappa shape index (κ2) is 6.42. The maximum Gasteiger partial charge on any atom is 0.00923 e. The molecule has 1 rings (SSSR count). The summed E-state index contributed by atoms with van der Waals surface area (Å²) >= 11 is 0. The molecule has 1 N–H and O–H groups in total. The molecule has 0 aromatic heterocycles. The molecule has 0 amide bonds. The topological polar surface area (TPSA) is 12.0 Å². The van der Waals surface area contributed by atoms with E-state index in [1.54, 1.807) is 0 Å². The number of nitrogens with one attached hydrogen (secondary N) is 1. The molecule has 0 radical (unpaired) electrons. The standard InChI is InChI=1S/C12H25N/c1-3-4-5-6-7-8-12(13-2)11-9-10-11/h11-13H,3-10H2,1-2H3. The first-order valence-corrected chi connectivity index (χ1v) is 6.05. The van der Waals surface area contributed by atoms with Crippen molar-refractivity contribution in [1.82, 2.24) is 5.32 Å². The molecule has 0 aromatic carbocycles. The van der Waals surface area contributed by atoms with Gasteiger partial charge in [-0.2, -0.15) is 0 Å². The van der Waals surface area contributed by atoms with E-state index in [2.05, 4.69) is 19.3 Å². The van der Waals surface area contributed by atoms with E-state index in [4.69, 9.17) is 0 Å². The minimum atomic E-state index is 0.835. The Morgan fingerprint density at radius 2 is 1.85 bits per heavy atom. The van der Waals surface area contributed by atoms with Crippen LogP contribution < -0.4 is 5.32 Å². The van der Waals surface area contributed by atoms with Gasteiger partial charge in [0.2, 0.25) is 0 Å². The zero-order valence-corrected chi connectivity index (χ0v) is 9.31. The minimum Gasteiger partial charge on any atom is -0.317 e. The van der Waals surface area contributed by atoms with E-state index in [1.165, 1.54) is 51.4 Å². The maximum atomic E-state index is 3.45. The fraction of sp³-hybridized carbons (Fsp3) is 1.00. The molecule has 1 aliphatic carbocycles. The first-order chi connectivity index (χ1) is 6.38. The molecule has 1 nitrogen and oxygen atoms in total. The zero-order chi connectivity index (χ0) is 9.52. The van der Waals surface area contributed by atoms with Crippen molar-refractivity contribution in [2.24, 2.45) is 5.92 Å². The van der Waals surface area contributed by atoms with Gasteiger partial charge in [-0.3, -0.25) is 0 Å². The molecule has 78 valence electrons. The summed E-state index contributed by atoms with van der Waals surface area (Å²) in [5.74, 6) is 1.02. The Hall–Kier alpha value is -0.0400. The molecule has 0 heterocycles.